The number of nitrogens with zero attached hydrogens (tertiary/aromatic N) is 2. The number of aromatic nitrogens is 2. The minimum Gasteiger partial charge on any atom is -0.369 e. The standard InChI is InChI=1S/C11H11N3O/c12-10(15)5-3-4-9-8-13-11-6-1-2-7-14(9)11/h1-4,6-8H,5H2,(H2,12,15). The number of carbonyl (C=O) groups is 1. The summed E-state index contributed by atoms with van der Waals surface area (Å²) in [5.74, 6) is -0.333. The van der Waals surface area contributed by atoms with Crippen LogP contribution in [0.3, 0.4) is 0 Å². The zero-order chi connectivity index (χ0) is 10.7. The number of carbonyl (C=O) groups excluding carboxylic acids is 1. The zero-order valence-electron chi connectivity index (χ0n) is 8.13. The van der Waals surface area contributed by atoms with Gasteiger partial charge in [-0.05, 0) is 18.2 Å². The topological polar surface area (TPSA) is 60.4 Å². The smallest absolute Gasteiger partial charge is 0.221 e. The van der Waals surface area contributed by atoms with Gasteiger partial charge >= 0.3 is 0 Å². The molecule has 0 fully saturated rings. The predicted molar refractivity (Wildman–Crippen MR) is 58.0 cm³/mol. The first-order chi connectivity index (χ1) is 7.27. The fourth-order valence-corrected chi connectivity index (χ4v) is 1.37. The van der Waals surface area contributed by atoms with Crippen LogP contribution in [0.25, 0.3) is 11.7 Å². The average molecular weight is 201 g/mol. The Balaban J connectivity index is 2.28. The molecular weight excluding hydrogens is 190 g/mol. The second-order valence-corrected chi connectivity index (χ2v) is 3.18. The molecule has 0 saturated heterocycles. The fourth-order valence-electron chi connectivity index (χ4n) is 1.37. The highest BCUT2D eigenvalue weighted by molar-refractivity contribution is 5.76. The van der Waals surface area contributed by atoms with Crippen LogP contribution >= 0.6 is 0 Å². The summed E-state index contributed by atoms with van der Waals surface area (Å²) in [6.45, 7) is 0. The van der Waals surface area contributed by atoms with E-state index in [0.29, 0.717) is 0 Å². The molecule has 1 amide bonds. The lowest BCUT2D eigenvalue weighted by molar-refractivity contribution is -0.117. The molecule has 0 unspecified atom stereocenters. The highest BCUT2D eigenvalue weighted by Gasteiger charge is 1.97. The Hall–Kier alpha value is -2.10. The lowest BCUT2D eigenvalue weighted by Crippen LogP contribution is -2.07. The maximum Gasteiger partial charge on any atom is 0.221 e. The largest absolute Gasteiger partial charge is 0.369 e. The van der Waals surface area contributed by atoms with Crippen molar-refractivity contribution in [2.75, 3.05) is 0 Å². The number of hydrogen-bond donors (Lipinski definition) is 1. The van der Waals surface area contributed by atoms with Crippen LogP contribution in [0.15, 0.2) is 36.7 Å². The monoisotopic (exact) mass is 201 g/mol. The van der Waals surface area contributed by atoms with Gasteiger partial charge in [0.2, 0.25) is 5.91 Å². The van der Waals surface area contributed by atoms with Gasteiger partial charge in [0.05, 0.1) is 11.9 Å². The lowest BCUT2D eigenvalue weighted by atomic mass is 10.3. The summed E-state index contributed by atoms with van der Waals surface area (Å²) in [6, 6.07) is 5.78. The van der Waals surface area contributed by atoms with Gasteiger partial charge in [-0.3, -0.25) is 4.79 Å². The van der Waals surface area contributed by atoms with Gasteiger partial charge in [0.25, 0.3) is 0 Å². The van der Waals surface area contributed by atoms with Gasteiger partial charge in [-0.1, -0.05) is 12.1 Å². The minimum absolute atomic E-state index is 0.250. The molecule has 76 valence electrons. The van der Waals surface area contributed by atoms with E-state index in [1.54, 1.807) is 12.3 Å². The van der Waals surface area contributed by atoms with E-state index in [4.69, 9.17) is 5.73 Å². The van der Waals surface area contributed by atoms with Gasteiger partial charge in [-0.2, -0.15) is 0 Å². The summed E-state index contributed by atoms with van der Waals surface area (Å²) in [6.07, 6.45) is 7.50. The van der Waals surface area contributed by atoms with Crippen LogP contribution in [0.1, 0.15) is 12.1 Å². The Morgan fingerprint density at radius 2 is 2.40 bits per heavy atom. The van der Waals surface area contributed by atoms with Crippen molar-refractivity contribution in [2.45, 2.75) is 6.42 Å². The van der Waals surface area contributed by atoms with Crippen LogP contribution in [0.2, 0.25) is 0 Å². The summed E-state index contributed by atoms with van der Waals surface area (Å²) in [7, 11) is 0. The number of hydrogen-bond acceptors (Lipinski definition) is 2. The van der Waals surface area contributed by atoms with Gasteiger partial charge < -0.3 is 10.1 Å². The first-order valence-corrected chi connectivity index (χ1v) is 4.64. The number of rotatable bonds is 3. The molecule has 2 rings (SSSR count). The van der Waals surface area contributed by atoms with E-state index in [9.17, 15) is 4.79 Å². The van der Waals surface area contributed by atoms with Gasteiger partial charge in [0.15, 0.2) is 0 Å². The molecule has 2 N–H and O–H groups in total. The molecule has 0 aliphatic carbocycles. The van der Waals surface area contributed by atoms with Crippen molar-refractivity contribution in [3.8, 4) is 0 Å². The number of nitrogens with two attached hydrogens (primary N) is 1. The van der Waals surface area contributed by atoms with E-state index in [1.807, 2.05) is 34.9 Å². The van der Waals surface area contributed by atoms with Crippen molar-refractivity contribution in [3.05, 3.63) is 42.4 Å². The molecule has 0 aliphatic rings. The molecule has 0 bridgehead atoms. The molecule has 2 aromatic rings. The Morgan fingerprint density at radius 1 is 1.53 bits per heavy atom. The third kappa shape index (κ3) is 2.04. The number of primary amides is 1. The van der Waals surface area contributed by atoms with E-state index < -0.39 is 0 Å². The molecule has 0 aliphatic heterocycles. The van der Waals surface area contributed by atoms with Crippen molar-refractivity contribution in [3.63, 3.8) is 0 Å². The van der Waals surface area contributed by atoms with Crippen molar-refractivity contribution in [1.82, 2.24) is 9.38 Å². The predicted octanol–water partition coefficient (Wildman–Crippen LogP) is 1.22. The molecule has 0 saturated carbocycles. The van der Waals surface area contributed by atoms with Crippen molar-refractivity contribution in [1.29, 1.82) is 0 Å². The maximum absolute atomic E-state index is 10.5. The van der Waals surface area contributed by atoms with E-state index in [2.05, 4.69) is 4.98 Å². The molecule has 2 heterocycles. The van der Waals surface area contributed by atoms with Crippen LogP contribution < -0.4 is 5.73 Å². The van der Waals surface area contributed by atoms with E-state index in [1.165, 1.54) is 0 Å². The Labute approximate surface area is 87.0 Å². The van der Waals surface area contributed by atoms with Crippen LogP contribution in [0, 0.1) is 0 Å². The minimum atomic E-state index is -0.333. The Bertz CT molecular complexity index is 513. The Morgan fingerprint density at radius 3 is 3.20 bits per heavy atom. The first kappa shape index (κ1) is 9.45. The van der Waals surface area contributed by atoms with Crippen LogP contribution in [0.5, 0.6) is 0 Å². The number of imidazole rings is 1. The van der Waals surface area contributed by atoms with Gasteiger partial charge in [0, 0.05) is 12.6 Å². The van der Waals surface area contributed by atoms with E-state index in [-0.39, 0.29) is 12.3 Å². The maximum atomic E-state index is 10.5. The third-order valence-corrected chi connectivity index (χ3v) is 2.05. The third-order valence-electron chi connectivity index (χ3n) is 2.05. The summed E-state index contributed by atoms with van der Waals surface area (Å²) < 4.78 is 1.94. The quantitative estimate of drug-likeness (QED) is 0.811. The van der Waals surface area contributed by atoms with Crippen LogP contribution in [0.4, 0.5) is 0 Å². The van der Waals surface area contributed by atoms with Crippen molar-refractivity contribution >= 4 is 17.6 Å². The summed E-state index contributed by atoms with van der Waals surface area (Å²) >= 11 is 0. The second kappa shape index (κ2) is 3.96. The van der Waals surface area contributed by atoms with Crippen LogP contribution in [-0.2, 0) is 4.79 Å². The molecular formula is C11H11N3O. The normalized spacial score (nSPS) is 11.2. The van der Waals surface area contributed by atoms with Gasteiger partial charge in [-0.15, -0.1) is 0 Å². The van der Waals surface area contributed by atoms with Gasteiger partial charge in [-0.25, -0.2) is 4.98 Å². The molecule has 0 radical (unpaired) electrons. The molecule has 0 spiro atoms. The van der Waals surface area contributed by atoms with E-state index >= 15 is 0 Å². The van der Waals surface area contributed by atoms with Crippen LogP contribution in [-0.4, -0.2) is 15.3 Å². The number of pyridine rings is 1. The summed E-state index contributed by atoms with van der Waals surface area (Å²) in [5.41, 5.74) is 6.85. The van der Waals surface area contributed by atoms with Gasteiger partial charge in [0.1, 0.15) is 5.65 Å². The average Bonchev–Trinajstić information content (AvgIpc) is 2.62. The summed E-state index contributed by atoms with van der Waals surface area (Å²) in [5, 5.41) is 0. The Kier molecular flexibility index (Phi) is 2.49. The number of amides is 1. The fraction of sp³-hybridized carbons (Fsp3) is 0.0909. The SMILES string of the molecule is NC(=O)CC=Cc1cnc2ccccn12. The molecule has 4 heteroatoms. The summed E-state index contributed by atoms with van der Waals surface area (Å²) in [4.78, 5) is 14.8. The van der Waals surface area contributed by atoms with Crippen molar-refractivity contribution in [2.24, 2.45) is 5.73 Å². The molecule has 15 heavy (non-hydrogen) atoms. The zero-order valence-corrected chi connectivity index (χ0v) is 8.13. The lowest BCUT2D eigenvalue weighted by Gasteiger charge is -1.94. The highest BCUT2D eigenvalue weighted by Crippen LogP contribution is 2.07. The first-order valence-electron chi connectivity index (χ1n) is 4.64. The van der Waals surface area contributed by atoms with E-state index in [0.717, 1.165) is 11.3 Å². The molecule has 0 atom stereocenters. The number of fused-ring (bicyclic) bond motifs is 1. The highest BCUT2D eigenvalue weighted by atomic mass is 16.1. The molecule has 2 aromatic heterocycles. The second-order valence-electron chi connectivity index (χ2n) is 3.18. The molecule has 4 nitrogen and oxygen atoms in total. The molecule has 0 aromatic carbocycles. The van der Waals surface area contributed by atoms with Crippen molar-refractivity contribution < 1.29 is 4.79 Å².